The van der Waals surface area contributed by atoms with Gasteiger partial charge in [-0.1, -0.05) is 6.92 Å². The topological polar surface area (TPSA) is 9.23 Å². The van der Waals surface area contributed by atoms with Crippen molar-refractivity contribution in [2.75, 3.05) is 0 Å². The highest BCUT2D eigenvalue weighted by Crippen LogP contribution is 2.25. The van der Waals surface area contributed by atoms with Crippen molar-refractivity contribution in [1.82, 2.24) is 0 Å². The van der Waals surface area contributed by atoms with Gasteiger partial charge in [-0.05, 0) is 43.0 Å². The summed E-state index contributed by atoms with van der Waals surface area (Å²) >= 11 is 1.63. The van der Waals surface area contributed by atoms with E-state index in [-0.39, 0.29) is 6.10 Å². The molecule has 0 saturated heterocycles. The van der Waals surface area contributed by atoms with Gasteiger partial charge in [-0.15, -0.1) is 11.3 Å². The van der Waals surface area contributed by atoms with E-state index >= 15 is 0 Å². The van der Waals surface area contributed by atoms with Crippen LogP contribution in [-0.4, -0.2) is 6.10 Å². The first-order valence-corrected chi connectivity index (χ1v) is 5.67. The van der Waals surface area contributed by atoms with Crippen LogP contribution in [0.3, 0.4) is 0 Å². The van der Waals surface area contributed by atoms with Crippen molar-refractivity contribution >= 4 is 21.4 Å². The molecule has 0 aliphatic carbocycles. The van der Waals surface area contributed by atoms with Crippen molar-refractivity contribution < 1.29 is 4.74 Å². The molecule has 1 radical (unpaired) electrons. The van der Waals surface area contributed by atoms with Gasteiger partial charge in [0, 0.05) is 10.1 Å². The van der Waals surface area contributed by atoms with Gasteiger partial charge in [0.05, 0.1) is 6.10 Å². The summed E-state index contributed by atoms with van der Waals surface area (Å²) in [5.74, 6) is 0.961. The SMILES string of the molecule is CCC(C)Oc1ccc2c[c]sc2c1. The number of thiophene rings is 1. The summed E-state index contributed by atoms with van der Waals surface area (Å²) < 4.78 is 6.98. The van der Waals surface area contributed by atoms with Gasteiger partial charge >= 0.3 is 0 Å². The molecule has 0 spiro atoms. The number of hydrogen-bond donors (Lipinski definition) is 0. The maximum Gasteiger partial charge on any atom is 0.121 e. The van der Waals surface area contributed by atoms with Crippen LogP contribution in [0.25, 0.3) is 10.1 Å². The Morgan fingerprint density at radius 1 is 1.50 bits per heavy atom. The van der Waals surface area contributed by atoms with E-state index in [2.05, 4.69) is 31.4 Å². The Bertz CT molecular complexity index is 419. The van der Waals surface area contributed by atoms with E-state index in [1.807, 2.05) is 12.1 Å². The summed E-state index contributed by atoms with van der Waals surface area (Å²) in [5.41, 5.74) is 0. The summed E-state index contributed by atoms with van der Waals surface area (Å²) in [6.07, 6.45) is 1.32. The molecular weight excluding hydrogens is 192 g/mol. The molecule has 1 heterocycles. The lowest BCUT2D eigenvalue weighted by Gasteiger charge is -2.12. The molecule has 1 aromatic heterocycles. The van der Waals surface area contributed by atoms with E-state index in [0.29, 0.717) is 0 Å². The molecule has 0 N–H and O–H groups in total. The molecule has 0 amide bonds. The maximum atomic E-state index is 5.73. The smallest absolute Gasteiger partial charge is 0.121 e. The first kappa shape index (κ1) is 9.53. The summed E-state index contributed by atoms with van der Waals surface area (Å²) in [5, 5.41) is 4.36. The minimum atomic E-state index is 0.288. The Morgan fingerprint density at radius 2 is 2.36 bits per heavy atom. The molecule has 0 aliphatic heterocycles. The molecule has 0 bridgehead atoms. The second-order valence-electron chi connectivity index (χ2n) is 3.40. The zero-order valence-electron chi connectivity index (χ0n) is 8.41. The Morgan fingerprint density at radius 3 is 3.14 bits per heavy atom. The number of ether oxygens (including phenoxy) is 1. The predicted octanol–water partition coefficient (Wildman–Crippen LogP) is 3.88. The van der Waals surface area contributed by atoms with Crippen molar-refractivity contribution in [1.29, 1.82) is 0 Å². The fourth-order valence-corrected chi connectivity index (χ4v) is 2.00. The van der Waals surface area contributed by atoms with Gasteiger partial charge < -0.3 is 4.74 Å². The van der Waals surface area contributed by atoms with Gasteiger partial charge in [0.15, 0.2) is 0 Å². The molecule has 1 aromatic carbocycles. The summed E-state index contributed by atoms with van der Waals surface area (Å²) in [4.78, 5) is 0. The second kappa shape index (κ2) is 4.01. The second-order valence-corrected chi connectivity index (χ2v) is 4.28. The summed E-state index contributed by atoms with van der Waals surface area (Å²) in [6.45, 7) is 4.22. The van der Waals surface area contributed by atoms with Gasteiger partial charge in [0.2, 0.25) is 0 Å². The van der Waals surface area contributed by atoms with Gasteiger partial charge in [-0.3, -0.25) is 0 Å². The largest absolute Gasteiger partial charge is 0.491 e. The lowest BCUT2D eigenvalue weighted by atomic mass is 10.2. The fraction of sp³-hybridized carbons (Fsp3) is 0.333. The monoisotopic (exact) mass is 205 g/mol. The third-order valence-electron chi connectivity index (χ3n) is 2.28. The molecule has 2 rings (SSSR count). The van der Waals surface area contributed by atoms with Crippen LogP contribution in [0.1, 0.15) is 20.3 Å². The molecule has 1 nitrogen and oxygen atoms in total. The van der Waals surface area contributed by atoms with Crippen molar-refractivity contribution in [3.05, 3.63) is 29.6 Å². The Kier molecular flexibility index (Phi) is 2.73. The highest BCUT2D eigenvalue weighted by Gasteiger charge is 2.02. The molecule has 0 fully saturated rings. The molecule has 1 atom stereocenters. The van der Waals surface area contributed by atoms with Crippen molar-refractivity contribution in [2.24, 2.45) is 0 Å². The summed E-state index contributed by atoms with van der Waals surface area (Å²) in [6, 6.07) is 8.20. The van der Waals surface area contributed by atoms with Crippen molar-refractivity contribution in [3.8, 4) is 5.75 Å². The van der Waals surface area contributed by atoms with E-state index in [1.165, 1.54) is 10.1 Å². The molecule has 0 saturated carbocycles. The molecule has 14 heavy (non-hydrogen) atoms. The number of benzene rings is 1. The van der Waals surface area contributed by atoms with Gasteiger partial charge in [-0.2, -0.15) is 0 Å². The van der Waals surface area contributed by atoms with Crippen LogP contribution >= 0.6 is 11.3 Å². The highest BCUT2D eigenvalue weighted by molar-refractivity contribution is 7.16. The molecule has 0 aliphatic rings. The van der Waals surface area contributed by atoms with Crippen molar-refractivity contribution in [3.63, 3.8) is 0 Å². The average molecular weight is 205 g/mol. The molecule has 73 valence electrons. The van der Waals surface area contributed by atoms with E-state index in [4.69, 9.17) is 4.74 Å². The van der Waals surface area contributed by atoms with Gasteiger partial charge in [0.1, 0.15) is 5.75 Å². The van der Waals surface area contributed by atoms with E-state index < -0.39 is 0 Å². The highest BCUT2D eigenvalue weighted by atomic mass is 32.1. The number of hydrogen-bond acceptors (Lipinski definition) is 2. The number of fused-ring (bicyclic) bond motifs is 1. The number of rotatable bonds is 3. The normalized spacial score (nSPS) is 13.0. The average Bonchev–Trinajstić information content (AvgIpc) is 2.64. The maximum absolute atomic E-state index is 5.73. The standard InChI is InChI=1S/C12H13OS/c1-3-9(2)13-11-5-4-10-6-7-14-12(10)8-11/h4-6,8-9H,3H2,1-2H3. The van der Waals surface area contributed by atoms with Crippen LogP contribution in [0.15, 0.2) is 24.3 Å². The molecule has 2 heteroatoms. The van der Waals surface area contributed by atoms with Crippen LogP contribution in [0, 0.1) is 5.38 Å². The van der Waals surface area contributed by atoms with Crippen LogP contribution in [0.5, 0.6) is 5.75 Å². The van der Waals surface area contributed by atoms with E-state index in [9.17, 15) is 0 Å². The molecule has 1 unspecified atom stereocenters. The van der Waals surface area contributed by atoms with Gasteiger partial charge in [-0.25, -0.2) is 0 Å². The summed E-state index contributed by atoms with van der Waals surface area (Å²) in [7, 11) is 0. The van der Waals surface area contributed by atoms with Gasteiger partial charge in [0.25, 0.3) is 0 Å². The Labute approximate surface area is 88.3 Å². The zero-order valence-corrected chi connectivity index (χ0v) is 9.23. The minimum absolute atomic E-state index is 0.288. The molecular formula is C12H13OS. The minimum Gasteiger partial charge on any atom is -0.491 e. The van der Waals surface area contributed by atoms with Crippen LogP contribution in [0.4, 0.5) is 0 Å². The lowest BCUT2D eigenvalue weighted by Crippen LogP contribution is -2.09. The zero-order chi connectivity index (χ0) is 9.97. The van der Waals surface area contributed by atoms with E-state index in [1.54, 1.807) is 11.3 Å². The lowest BCUT2D eigenvalue weighted by molar-refractivity contribution is 0.218. The Hall–Kier alpha value is -1.02. The van der Waals surface area contributed by atoms with Crippen LogP contribution in [-0.2, 0) is 0 Å². The van der Waals surface area contributed by atoms with E-state index in [0.717, 1.165) is 12.2 Å². The van der Waals surface area contributed by atoms with Crippen LogP contribution < -0.4 is 4.74 Å². The third-order valence-corrected chi connectivity index (χ3v) is 3.09. The third kappa shape index (κ3) is 1.90. The molecule has 2 aromatic rings. The fourth-order valence-electron chi connectivity index (χ4n) is 1.27. The first-order chi connectivity index (χ1) is 6.79. The van der Waals surface area contributed by atoms with Crippen LogP contribution in [0.2, 0.25) is 0 Å². The Balaban J connectivity index is 2.25. The quantitative estimate of drug-likeness (QED) is 0.739. The predicted molar refractivity (Wildman–Crippen MR) is 61.0 cm³/mol. The first-order valence-electron chi connectivity index (χ1n) is 4.86. The van der Waals surface area contributed by atoms with Crippen molar-refractivity contribution in [2.45, 2.75) is 26.4 Å².